The number of aliphatic imine (C=N–C) groups is 1. The van der Waals surface area contributed by atoms with Crippen molar-refractivity contribution in [2.45, 2.75) is 17.9 Å². The molecule has 5 nitrogen and oxygen atoms in total. The summed E-state index contributed by atoms with van der Waals surface area (Å²) in [5.74, 6) is 0.0879. The van der Waals surface area contributed by atoms with Crippen molar-refractivity contribution in [3.05, 3.63) is 58.6 Å². The second kappa shape index (κ2) is 6.48. The van der Waals surface area contributed by atoms with Gasteiger partial charge < -0.3 is 5.11 Å². The number of phenols is 1. The lowest BCUT2D eigenvalue weighted by atomic mass is 10.1. The molecule has 0 heterocycles. The standard InChI is InChI=1S/C15H15ClN2O3S/c1-10(11-2-5-14(6-3-11)22(17,20)21)18-9-12-8-13(16)4-7-15(12)19/h2-10,19H,1H3,(H2,17,20,21)/t10-/m1/s1. The van der Waals surface area contributed by atoms with E-state index in [2.05, 4.69) is 4.99 Å². The quantitative estimate of drug-likeness (QED) is 0.839. The van der Waals surface area contributed by atoms with Gasteiger partial charge in [-0.05, 0) is 42.8 Å². The highest BCUT2D eigenvalue weighted by Crippen LogP contribution is 2.22. The minimum Gasteiger partial charge on any atom is -0.507 e. The number of phenolic OH excluding ortho intramolecular Hbond substituents is 1. The molecular formula is C15H15ClN2O3S. The summed E-state index contributed by atoms with van der Waals surface area (Å²) >= 11 is 5.87. The van der Waals surface area contributed by atoms with Gasteiger partial charge in [-0.15, -0.1) is 0 Å². The Kier molecular flexibility index (Phi) is 4.85. The van der Waals surface area contributed by atoms with E-state index in [4.69, 9.17) is 16.7 Å². The van der Waals surface area contributed by atoms with Crippen LogP contribution in [0, 0.1) is 0 Å². The van der Waals surface area contributed by atoms with Crippen LogP contribution >= 0.6 is 11.6 Å². The molecule has 0 spiro atoms. The van der Waals surface area contributed by atoms with E-state index in [1.165, 1.54) is 24.4 Å². The highest BCUT2D eigenvalue weighted by Gasteiger charge is 2.09. The van der Waals surface area contributed by atoms with Crippen LogP contribution in [0.15, 0.2) is 52.4 Å². The first kappa shape index (κ1) is 16.5. The number of primary sulfonamides is 1. The third-order valence-corrected chi connectivity index (χ3v) is 4.28. The Labute approximate surface area is 134 Å². The van der Waals surface area contributed by atoms with Gasteiger partial charge in [0.1, 0.15) is 5.75 Å². The van der Waals surface area contributed by atoms with Crippen LogP contribution < -0.4 is 5.14 Å². The Morgan fingerprint density at radius 2 is 1.86 bits per heavy atom. The Bertz CT molecular complexity index is 802. The van der Waals surface area contributed by atoms with Gasteiger partial charge in [0.2, 0.25) is 10.0 Å². The van der Waals surface area contributed by atoms with Crippen molar-refractivity contribution < 1.29 is 13.5 Å². The summed E-state index contributed by atoms with van der Waals surface area (Å²) in [5.41, 5.74) is 1.34. The molecule has 7 heteroatoms. The molecule has 3 N–H and O–H groups in total. The van der Waals surface area contributed by atoms with Gasteiger partial charge in [-0.2, -0.15) is 0 Å². The molecule has 2 aromatic rings. The summed E-state index contributed by atoms with van der Waals surface area (Å²) in [6, 6.07) is 10.7. The lowest BCUT2D eigenvalue weighted by Crippen LogP contribution is -2.11. The van der Waals surface area contributed by atoms with Crippen LogP contribution in [-0.2, 0) is 10.0 Å². The Morgan fingerprint density at radius 1 is 1.23 bits per heavy atom. The summed E-state index contributed by atoms with van der Waals surface area (Å²) in [7, 11) is -3.70. The molecule has 2 aromatic carbocycles. The van der Waals surface area contributed by atoms with Crippen molar-refractivity contribution in [1.82, 2.24) is 0 Å². The Hall–Kier alpha value is -1.89. The largest absolute Gasteiger partial charge is 0.507 e. The van der Waals surface area contributed by atoms with Gasteiger partial charge in [0, 0.05) is 16.8 Å². The van der Waals surface area contributed by atoms with Crippen molar-refractivity contribution in [1.29, 1.82) is 0 Å². The van der Waals surface area contributed by atoms with Gasteiger partial charge in [-0.25, -0.2) is 13.6 Å². The van der Waals surface area contributed by atoms with Crippen molar-refractivity contribution in [3.8, 4) is 5.75 Å². The monoisotopic (exact) mass is 338 g/mol. The van der Waals surface area contributed by atoms with Gasteiger partial charge in [-0.1, -0.05) is 23.7 Å². The van der Waals surface area contributed by atoms with Crippen LogP contribution in [0.3, 0.4) is 0 Å². The average Bonchev–Trinajstić information content (AvgIpc) is 2.47. The maximum atomic E-state index is 11.2. The molecule has 0 fully saturated rings. The number of halogens is 1. The minimum absolute atomic E-state index is 0.0555. The smallest absolute Gasteiger partial charge is 0.238 e. The molecule has 1 atom stereocenters. The van der Waals surface area contributed by atoms with Gasteiger partial charge >= 0.3 is 0 Å². The van der Waals surface area contributed by atoms with Crippen LogP contribution in [0.2, 0.25) is 5.02 Å². The molecule has 0 saturated heterocycles. The SMILES string of the molecule is C[C@@H](N=Cc1cc(Cl)ccc1O)c1ccc(S(N)(=O)=O)cc1. The molecule has 0 amide bonds. The fraction of sp³-hybridized carbons (Fsp3) is 0.133. The number of nitrogens with zero attached hydrogens (tertiary/aromatic N) is 1. The van der Waals surface area contributed by atoms with Crippen molar-refractivity contribution in [3.63, 3.8) is 0 Å². The minimum atomic E-state index is -3.70. The zero-order valence-corrected chi connectivity index (χ0v) is 13.3. The van der Waals surface area contributed by atoms with E-state index in [0.717, 1.165) is 5.56 Å². The maximum Gasteiger partial charge on any atom is 0.238 e. The van der Waals surface area contributed by atoms with Gasteiger partial charge in [0.15, 0.2) is 0 Å². The highest BCUT2D eigenvalue weighted by molar-refractivity contribution is 7.89. The molecule has 0 aromatic heterocycles. The maximum absolute atomic E-state index is 11.2. The van der Waals surface area contributed by atoms with Gasteiger partial charge in [0.25, 0.3) is 0 Å². The summed E-state index contributed by atoms with van der Waals surface area (Å²) in [4.78, 5) is 4.39. The fourth-order valence-corrected chi connectivity index (χ4v) is 2.54. The lowest BCUT2D eigenvalue weighted by Gasteiger charge is -2.08. The van der Waals surface area contributed by atoms with Crippen LogP contribution in [0.5, 0.6) is 5.75 Å². The van der Waals surface area contributed by atoms with Crippen molar-refractivity contribution in [2.24, 2.45) is 10.1 Å². The second-order valence-electron chi connectivity index (χ2n) is 4.77. The molecule has 0 aliphatic carbocycles. The van der Waals surface area contributed by atoms with Crippen LogP contribution in [0.4, 0.5) is 0 Å². The topological polar surface area (TPSA) is 92.8 Å². The number of benzene rings is 2. The molecule has 22 heavy (non-hydrogen) atoms. The van der Waals surface area contributed by atoms with E-state index < -0.39 is 10.0 Å². The van der Waals surface area contributed by atoms with E-state index >= 15 is 0 Å². The van der Waals surface area contributed by atoms with Gasteiger partial charge in [-0.3, -0.25) is 4.99 Å². The molecule has 0 unspecified atom stereocenters. The van der Waals surface area contributed by atoms with Crippen LogP contribution in [0.25, 0.3) is 0 Å². The Morgan fingerprint density at radius 3 is 2.45 bits per heavy atom. The second-order valence-corrected chi connectivity index (χ2v) is 6.77. The molecule has 2 rings (SSSR count). The van der Waals surface area contributed by atoms with E-state index in [-0.39, 0.29) is 16.7 Å². The highest BCUT2D eigenvalue weighted by atomic mass is 35.5. The van der Waals surface area contributed by atoms with E-state index in [1.54, 1.807) is 24.3 Å². The summed E-state index contributed by atoms with van der Waals surface area (Å²) in [5, 5.41) is 15.3. The molecule has 0 aliphatic rings. The molecule has 0 aliphatic heterocycles. The molecular weight excluding hydrogens is 324 g/mol. The molecule has 0 radical (unpaired) electrons. The van der Waals surface area contributed by atoms with Gasteiger partial charge in [0.05, 0.1) is 10.9 Å². The molecule has 0 bridgehead atoms. The number of rotatable bonds is 4. The fourth-order valence-electron chi connectivity index (χ4n) is 1.84. The first-order chi connectivity index (χ1) is 10.3. The number of hydrogen-bond donors (Lipinski definition) is 2. The molecule has 0 saturated carbocycles. The predicted octanol–water partition coefficient (Wildman–Crippen LogP) is 2.87. The van der Waals surface area contributed by atoms with E-state index in [9.17, 15) is 13.5 Å². The van der Waals surface area contributed by atoms with E-state index in [1.807, 2.05) is 6.92 Å². The zero-order chi connectivity index (χ0) is 16.3. The van der Waals surface area contributed by atoms with Crippen LogP contribution in [-0.4, -0.2) is 19.7 Å². The molecule has 116 valence electrons. The van der Waals surface area contributed by atoms with Crippen molar-refractivity contribution >= 4 is 27.8 Å². The zero-order valence-electron chi connectivity index (χ0n) is 11.8. The number of hydrogen-bond acceptors (Lipinski definition) is 4. The summed E-state index contributed by atoms with van der Waals surface area (Å²) in [6.45, 7) is 1.85. The third kappa shape index (κ3) is 4.07. The van der Waals surface area contributed by atoms with Crippen LogP contribution in [0.1, 0.15) is 24.1 Å². The summed E-state index contributed by atoms with van der Waals surface area (Å²) in [6.07, 6.45) is 1.53. The number of aromatic hydroxyl groups is 1. The first-order valence-corrected chi connectivity index (χ1v) is 8.34. The predicted molar refractivity (Wildman–Crippen MR) is 86.9 cm³/mol. The number of nitrogens with two attached hydrogens (primary N) is 1. The lowest BCUT2D eigenvalue weighted by molar-refractivity contribution is 0.474. The third-order valence-electron chi connectivity index (χ3n) is 3.12. The number of sulfonamides is 1. The summed E-state index contributed by atoms with van der Waals surface area (Å²) < 4.78 is 22.4. The first-order valence-electron chi connectivity index (χ1n) is 6.42. The van der Waals surface area contributed by atoms with Crippen molar-refractivity contribution in [2.75, 3.05) is 0 Å². The average molecular weight is 339 g/mol. The normalized spacial score (nSPS) is 13.4. The Balaban J connectivity index is 2.20. The van der Waals surface area contributed by atoms with E-state index in [0.29, 0.717) is 10.6 Å².